The highest BCUT2D eigenvalue weighted by atomic mass is 16.5. The van der Waals surface area contributed by atoms with Crippen LogP contribution in [0.25, 0.3) is 11.3 Å². The summed E-state index contributed by atoms with van der Waals surface area (Å²) in [6, 6.07) is 11.1. The summed E-state index contributed by atoms with van der Waals surface area (Å²) >= 11 is 0. The van der Waals surface area contributed by atoms with E-state index in [-0.39, 0.29) is 11.9 Å². The first-order chi connectivity index (χ1) is 8.61. The quantitative estimate of drug-likeness (QED) is 0.900. The van der Waals surface area contributed by atoms with E-state index in [1.54, 1.807) is 19.2 Å². The zero-order valence-electron chi connectivity index (χ0n) is 10.3. The highest BCUT2D eigenvalue weighted by Crippen LogP contribution is 2.26. The van der Waals surface area contributed by atoms with Gasteiger partial charge in [-0.25, -0.2) is 0 Å². The lowest BCUT2D eigenvalue weighted by molar-refractivity contribution is 0.0974. The number of nitrogens with two attached hydrogens (primary N) is 1. The van der Waals surface area contributed by atoms with Gasteiger partial charge in [0.15, 0.2) is 5.76 Å². The molecular weight excluding hydrogens is 230 g/mol. The maximum Gasteiger partial charge on any atom is 0.284 e. The van der Waals surface area contributed by atoms with Crippen LogP contribution in [-0.2, 0) is 4.74 Å². The van der Waals surface area contributed by atoms with E-state index >= 15 is 0 Å². The molecule has 0 radical (unpaired) electrons. The Morgan fingerprint density at radius 3 is 2.72 bits per heavy atom. The second-order valence-electron chi connectivity index (χ2n) is 4.03. The van der Waals surface area contributed by atoms with Gasteiger partial charge in [-0.15, -0.1) is 0 Å². The maximum atomic E-state index is 11.0. The highest BCUT2D eigenvalue weighted by molar-refractivity contribution is 5.90. The van der Waals surface area contributed by atoms with E-state index in [4.69, 9.17) is 14.9 Å². The van der Waals surface area contributed by atoms with Gasteiger partial charge in [-0.05, 0) is 30.7 Å². The average molecular weight is 245 g/mol. The first-order valence-electron chi connectivity index (χ1n) is 5.64. The van der Waals surface area contributed by atoms with Crippen molar-refractivity contribution >= 4 is 5.91 Å². The fraction of sp³-hybridized carbons (Fsp3) is 0.214. The Kier molecular flexibility index (Phi) is 3.48. The van der Waals surface area contributed by atoms with E-state index in [1.165, 1.54) is 0 Å². The van der Waals surface area contributed by atoms with Crippen molar-refractivity contribution < 1.29 is 13.9 Å². The van der Waals surface area contributed by atoms with Crippen molar-refractivity contribution in [3.63, 3.8) is 0 Å². The molecule has 0 saturated carbocycles. The molecule has 0 aliphatic carbocycles. The number of furan rings is 1. The van der Waals surface area contributed by atoms with Crippen LogP contribution < -0.4 is 5.73 Å². The van der Waals surface area contributed by atoms with Crippen LogP contribution in [0.4, 0.5) is 0 Å². The summed E-state index contributed by atoms with van der Waals surface area (Å²) in [5, 5.41) is 0. The van der Waals surface area contributed by atoms with Crippen LogP contribution in [0.1, 0.15) is 29.1 Å². The lowest BCUT2D eigenvalue weighted by Gasteiger charge is -2.10. The van der Waals surface area contributed by atoms with Gasteiger partial charge in [-0.2, -0.15) is 0 Å². The van der Waals surface area contributed by atoms with Gasteiger partial charge in [0.1, 0.15) is 5.76 Å². The lowest BCUT2D eigenvalue weighted by atomic mass is 10.1. The predicted octanol–water partition coefficient (Wildman–Crippen LogP) is 2.75. The number of benzene rings is 1. The molecule has 1 amide bonds. The van der Waals surface area contributed by atoms with Crippen LogP contribution in [0.2, 0.25) is 0 Å². The van der Waals surface area contributed by atoms with Gasteiger partial charge in [0.2, 0.25) is 0 Å². The van der Waals surface area contributed by atoms with E-state index < -0.39 is 5.91 Å². The maximum absolute atomic E-state index is 11.0. The molecular formula is C14H15NO3. The van der Waals surface area contributed by atoms with Gasteiger partial charge >= 0.3 is 0 Å². The largest absolute Gasteiger partial charge is 0.451 e. The van der Waals surface area contributed by atoms with Crippen molar-refractivity contribution in [2.45, 2.75) is 13.0 Å². The summed E-state index contributed by atoms with van der Waals surface area (Å²) in [5.41, 5.74) is 7.09. The molecule has 94 valence electrons. The number of ether oxygens (including phenoxy) is 1. The molecule has 0 unspecified atom stereocenters. The fourth-order valence-corrected chi connectivity index (χ4v) is 1.71. The average Bonchev–Trinajstić information content (AvgIpc) is 2.88. The molecule has 2 aromatic rings. The van der Waals surface area contributed by atoms with Gasteiger partial charge < -0.3 is 14.9 Å². The Balaban J connectivity index is 2.35. The lowest BCUT2D eigenvalue weighted by Crippen LogP contribution is -2.09. The minimum atomic E-state index is -0.567. The van der Waals surface area contributed by atoms with Crippen LogP contribution >= 0.6 is 0 Å². The van der Waals surface area contributed by atoms with Crippen LogP contribution in [0.3, 0.4) is 0 Å². The molecule has 4 nitrogen and oxygen atoms in total. The SMILES string of the molecule is CO[C@@H](C)c1cccc(-c2ccc(C(N)=O)o2)c1. The number of rotatable bonds is 4. The predicted molar refractivity (Wildman–Crippen MR) is 68.1 cm³/mol. The third kappa shape index (κ3) is 2.43. The van der Waals surface area contributed by atoms with Gasteiger partial charge in [0.25, 0.3) is 5.91 Å². The molecule has 0 saturated heterocycles. The van der Waals surface area contributed by atoms with E-state index in [2.05, 4.69) is 0 Å². The number of carbonyl (C=O) groups is 1. The van der Waals surface area contributed by atoms with Crippen molar-refractivity contribution in [2.75, 3.05) is 7.11 Å². The monoisotopic (exact) mass is 245 g/mol. The molecule has 2 rings (SSSR count). The molecule has 1 heterocycles. The summed E-state index contributed by atoms with van der Waals surface area (Å²) in [6.07, 6.45) is 0.00974. The summed E-state index contributed by atoms with van der Waals surface area (Å²) in [7, 11) is 1.66. The van der Waals surface area contributed by atoms with E-state index in [9.17, 15) is 4.79 Å². The zero-order valence-corrected chi connectivity index (χ0v) is 10.3. The zero-order chi connectivity index (χ0) is 13.1. The first kappa shape index (κ1) is 12.4. The van der Waals surface area contributed by atoms with Crippen molar-refractivity contribution in [2.24, 2.45) is 5.73 Å². The Hall–Kier alpha value is -2.07. The number of hydrogen-bond donors (Lipinski definition) is 1. The summed E-state index contributed by atoms with van der Waals surface area (Å²) in [4.78, 5) is 11.0. The van der Waals surface area contributed by atoms with E-state index in [0.717, 1.165) is 11.1 Å². The number of carbonyl (C=O) groups excluding carboxylic acids is 1. The Morgan fingerprint density at radius 1 is 1.33 bits per heavy atom. The minimum Gasteiger partial charge on any atom is -0.451 e. The van der Waals surface area contributed by atoms with Gasteiger partial charge in [0, 0.05) is 12.7 Å². The molecule has 1 aromatic heterocycles. The summed E-state index contributed by atoms with van der Waals surface area (Å²) in [5.74, 6) is 0.215. The van der Waals surface area contributed by atoms with E-state index in [0.29, 0.717) is 5.76 Å². The second kappa shape index (κ2) is 5.06. The molecule has 0 fully saturated rings. The van der Waals surface area contributed by atoms with Crippen molar-refractivity contribution in [3.8, 4) is 11.3 Å². The molecule has 0 bridgehead atoms. The van der Waals surface area contributed by atoms with Crippen molar-refractivity contribution in [1.82, 2.24) is 0 Å². The molecule has 18 heavy (non-hydrogen) atoms. The van der Waals surface area contributed by atoms with Crippen LogP contribution in [-0.4, -0.2) is 13.0 Å². The summed E-state index contributed by atoms with van der Waals surface area (Å²) < 4.78 is 10.6. The van der Waals surface area contributed by atoms with Gasteiger partial charge in [0.05, 0.1) is 6.10 Å². The molecule has 2 N–H and O–H groups in total. The normalized spacial score (nSPS) is 12.3. The Bertz CT molecular complexity index is 560. The molecule has 0 aliphatic rings. The third-order valence-corrected chi connectivity index (χ3v) is 2.84. The highest BCUT2D eigenvalue weighted by Gasteiger charge is 2.10. The Labute approximate surface area is 105 Å². The van der Waals surface area contributed by atoms with E-state index in [1.807, 2.05) is 31.2 Å². The Morgan fingerprint density at radius 2 is 2.11 bits per heavy atom. The molecule has 0 aliphatic heterocycles. The molecule has 0 spiro atoms. The number of hydrogen-bond acceptors (Lipinski definition) is 3. The van der Waals surface area contributed by atoms with Gasteiger partial charge in [-0.3, -0.25) is 4.79 Å². The van der Waals surface area contributed by atoms with Crippen molar-refractivity contribution in [3.05, 3.63) is 47.7 Å². The number of amides is 1. The molecule has 1 aromatic carbocycles. The standard InChI is InChI=1S/C14H15NO3/c1-9(17-2)10-4-3-5-11(8-10)12-6-7-13(18-12)14(15)16/h3-9H,1-2H3,(H2,15,16)/t9-/m0/s1. The second-order valence-corrected chi connectivity index (χ2v) is 4.03. The number of methoxy groups -OCH3 is 1. The third-order valence-electron chi connectivity index (χ3n) is 2.84. The number of primary amides is 1. The van der Waals surface area contributed by atoms with Crippen molar-refractivity contribution in [1.29, 1.82) is 0 Å². The molecule has 4 heteroatoms. The van der Waals surface area contributed by atoms with Gasteiger partial charge in [-0.1, -0.05) is 18.2 Å². The molecule has 1 atom stereocenters. The van der Waals surface area contributed by atoms with Crippen LogP contribution in [0, 0.1) is 0 Å². The van der Waals surface area contributed by atoms with Crippen LogP contribution in [0.15, 0.2) is 40.8 Å². The smallest absolute Gasteiger partial charge is 0.284 e. The first-order valence-corrected chi connectivity index (χ1v) is 5.64. The fourth-order valence-electron chi connectivity index (χ4n) is 1.71. The van der Waals surface area contributed by atoms with Crippen LogP contribution in [0.5, 0.6) is 0 Å². The summed E-state index contributed by atoms with van der Waals surface area (Å²) in [6.45, 7) is 1.97. The topological polar surface area (TPSA) is 65.5 Å². The minimum absolute atomic E-state index is 0.00974.